The Morgan fingerprint density at radius 3 is 2.83 bits per heavy atom. The highest BCUT2D eigenvalue weighted by Crippen LogP contribution is 2.31. The van der Waals surface area contributed by atoms with Crippen molar-refractivity contribution in [3.05, 3.63) is 58.3 Å². The van der Waals surface area contributed by atoms with Gasteiger partial charge in [-0.3, -0.25) is 9.59 Å². The van der Waals surface area contributed by atoms with E-state index >= 15 is 0 Å². The second-order valence-corrected chi connectivity index (χ2v) is 9.52. The minimum atomic E-state index is -0.281. The van der Waals surface area contributed by atoms with Crippen LogP contribution in [-0.2, 0) is 27.4 Å². The first-order valence-electron chi connectivity index (χ1n) is 10.9. The Labute approximate surface area is 182 Å². The van der Waals surface area contributed by atoms with Crippen LogP contribution < -0.4 is 5.32 Å². The van der Waals surface area contributed by atoms with Crippen molar-refractivity contribution in [2.45, 2.75) is 63.2 Å². The quantitative estimate of drug-likeness (QED) is 0.696. The summed E-state index contributed by atoms with van der Waals surface area (Å²) < 4.78 is 6.08. The van der Waals surface area contributed by atoms with Gasteiger partial charge in [-0.1, -0.05) is 36.4 Å². The standard InChI is InChI=1S/C24H30N2O3S/c27-22-10-12-24(25-22,16-21-9-5-15-30-21)13-11-23(28)26-14-4-8-20(17-26)29-18-19-6-2-1-3-7-19/h1-3,5-7,9,15,20H,4,8,10-14,16-18H2,(H,25,27)/t20-,24+/m1/s1. The molecule has 1 N–H and O–H groups in total. The Morgan fingerprint density at radius 1 is 1.23 bits per heavy atom. The fourth-order valence-corrected chi connectivity index (χ4v) is 5.37. The third-order valence-corrected chi connectivity index (χ3v) is 7.08. The van der Waals surface area contributed by atoms with Crippen LogP contribution in [0, 0.1) is 0 Å². The van der Waals surface area contributed by atoms with Gasteiger partial charge in [0.05, 0.1) is 12.7 Å². The Bertz CT molecular complexity index is 839. The largest absolute Gasteiger partial charge is 0.372 e. The molecular formula is C24H30N2O3S. The molecule has 0 saturated carbocycles. The van der Waals surface area contributed by atoms with Crippen molar-refractivity contribution in [1.29, 1.82) is 0 Å². The van der Waals surface area contributed by atoms with E-state index in [0.717, 1.165) is 37.8 Å². The first-order valence-corrected chi connectivity index (χ1v) is 11.8. The van der Waals surface area contributed by atoms with Gasteiger partial charge in [0.2, 0.25) is 11.8 Å². The van der Waals surface area contributed by atoms with Crippen molar-refractivity contribution in [3.8, 4) is 0 Å². The molecule has 1 aromatic carbocycles. The van der Waals surface area contributed by atoms with E-state index < -0.39 is 0 Å². The number of benzene rings is 1. The Balaban J connectivity index is 1.29. The zero-order valence-corrected chi connectivity index (χ0v) is 18.2. The van der Waals surface area contributed by atoms with Crippen LogP contribution in [0.1, 0.15) is 49.0 Å². The molecule has 2 fully saturated rings. The molecule has 30 heavy (non-hydrogen) atoms. The summed E-state index contributed by atoms with van der Waals surface area (Å²) in [5.41, 5.74) is 0.879. The third-order valence-electron chi connectivity index (χ3n) is 6.20. The van der Waals surface area contributed by atoms with Gasteiger partial charge in [0.25, 0.3) is 0 Å². The number of thiophene rings is 1. The number of rotatable bonds is 8. The van der Waals surface area contributed by atoms with Crippen LogP contribution >= 0.6 is 11.3 Å². The minimum absolute atomic E-state index is 0.0918. The number of nitrogens with one attached hydrogen (secondary N) is 1. The fraction of sp³-hybridized carbons (Fsp3) is 0.500. The predicted molar refractivity (Wildman–Crippen MR) is 118 cm³/mol. The maximum Gasteiger partial charge on any atom is 0.222 e. The van der Waals surface area contributed by atoms with E-state index in [9.17, 15) is 9.59 Å². The number of likely N-dealkylation sites (tertiary alicyclic amines) is 1. The number of carbonyl (C=O) groups is 2. The summed E-state index contributed by atoms with van der Waals surface area (Å²) >= 11 is 1.71. The van der Waals surface area contributed by atoms with E-state index in [4.69, 9.17) is 4.74 Å². The molecule has 0 unspecified atom stereocenters. The molecule has 0 bridgehead atoms. The number of nitrogens with zero attached hydrogens (tertiary/aromatic N) is 1. The summed E-state index contributed by atoms with van der Waals surface area (Å²) in [6, 6.07) is 14.3. The van der Waals surface area contributed by atoms with Crippen molar-refractivity contribution in [3.63, 3.8) is 0 Å². The van der Waals surface area contributed by atoms with Gasteiger partial charge in [-0.2, -0.15) is 0 Å². The van der Waals surface area contributed by atoms with Crippen molar-refractivity contribution in [2.75, 3.05) is 13.1 Å². The minimum Gasteiger partial charge on any atom is -0.372 e. The second kappa shape index (κ2) is 9.75. The second-order valence-electron chi connectivity index (χ2n) is 8.49. The molecule has 4 rings (SSSR count). The SMILES string of the molecule is O=C1CC[C@](CCC(=O)N2CCC[C@@H](OCc3ccccc3)C2)(Cc2cccs2)N1. The molecule has 0 aliphatic carbocycles. The summed E-state index contributed by atoms with van der Waals surface area (Å²) in [6.07, 6.45) is 5.40. The summed E-state index contributed by atoms with van der Waals surface area (Å²) in [5.74, 6) is 0.279. The highest BCUT2D eigenvalue weighted by molar-refractivity contribution is 7.09. The molecule has 5 nitrogen and oxygen atoms in total. The molecule has 0 spiro atoms. The number of amides is 2. The van der Waals surface area contributed by atoms with Crippen LogP contribution in [0.2, 0.25) is 0 Å². The first-order chi connectivity index (χ1) is 14.6. The monoisotopic (exact) mass is 426 g/mol. The Kier molecular flexibility index (Phi) is 6.85. The topological polar surface area (TPSA) is 58.6 Å². The summed E-state index contributed by atoms with van der Waals surface area (Å²) in [4.78, 5) is 28.1. The number of hydrogen-bond acceptors (Lipinski definition) is 4. The van der Waals surface area contributed by atoms with Crippen LogP contribution in [-0.4, -0.2) is 41.4 Å². The Morgan fingerprint density at radius 2 is 2.10 bits per heavy atom. The van der Waals surface area contributed by atoms with Crippen LogP contribution in [0.3, 0.4) is 0 Å². The molecule has 2 aliphatic heterocycles. The Hall–Kier alpha value is -2.18. The lowest BCUT2D eigenvalue weighted by Crippen LogP contribution is -2.46. The molecule has 160 valence electrons. The van der Waals surface area contributed by atoms with E-state index in [1.54, 1.807) is 11.3 Å². The molecule has 1 aromatic heterocycles. The zero-order valence-electron chi connectivity index (χ0n) is 17.3. The molecule has 2 saturated heterocycles. The summed E-state index contributed by atoms with van der Waals surface area (Å²) in [7, 11) is 0. The van der Waals surface area contributed by atoms with E-state index in [2.05, 4.69) is 28.9 Å². The maximum atomic E-state index is 13.0. The van der Waals surface area contributed by atoms with Gasteiger partial charge >= 0.3 is 0 Å². The lowest BCUT2D eigenvalue weighted by molar-refractivity contribution is -0.136. The summed E-state index contributed by atoms with van der Waals surface area (Å²) in [6.45, 7) is 2.05. The highest BCUT2D eigenvalue weighted by Gasteiger charge is 2.38. The van der Waals surface area contributed by atoms with Gasteiger partial charge in [0, 0.05) is 42.8 Å². The zero-order chi connectivity index (χ0) is 20.8. The van der Waals surface area contributed by atoms with Gasteiger partial charge in [0.1, 0.15) is 0 Å². The van der Waals surface area contributed by atoms with Crippen molar-refractivity contribution >= 4 is 23.2 Å². The average Bonchev–Trinajstić information content (AvgIpc) is 3.41. The summed E-state index contributed by atoms with van der Waals surface area (Å²) in [5, 5.41) is 5.25. The van der Waals surface area contributed by atoms with E-state index in [1.165, 1.54) is 4.88 Å². The predicted octanol–water partition coefficient (Wildman–Crippen LogP) is 3.93. The molecule has 6 heteroatoms. The molecule has 2 aromatic rings. The molecule has 3 heterocycles. The molecular weight excluding hydrogens is 396 g/mol. The number of ether oxygens (including phenoxy) is 1. The normalized spacial score (nSPS) is 24.1. The van der Waals surface area contributed by atoms with E-state index in [0.29, 0.717) is 32.4 Å². The average molecular weight is 427 g/mol. The van der Waals surface area contributed by atoms with Crippen LogP contribution in [0.15, 0.2) is 47.8 Å². The highest BCUT2D eigenvalue weighted by atomic mass is 32.1. The smallest absolute Gasteiger partial charge is 0.222 e. The van der Waals surface area contributed by atoms with Crippen LogP contribution in [0.25, 0.3) is 0 Å². The maximum absolute atomic E-state index is 13.0. The van der Waals surface area contributed by atoms with Gasteiger partial charge < -0.3 is 15.0 Å². The van der Waals surface area contributed by atoms with Gasteiger partial charge in [-0.05, 0) is 42.7 Å². The number of carbonyl (C=O) groups excluding carboxylic acids is 2. The first kappa shape index (κ1) is 21.1. The van der Waals surface area contributed by atoms with Crippen molar-refractivity contribution in [2.24, 2.45) is 0 Å². The van der Waals surface area contributed by atoms with E-state index in [1.807, 2.05) is 29.2 Å². The molecule has 2 amide bonds. The van der Waals surface area contributed by atoms with Crippen molar-refractivity contribution < 1.29 is 14.3 Å². The van der Waals surface area contributed by atoms with Crippen LogP contribution in [0.4, 0.5) is 0 Å². The lowest BCUT2D eigenvalue weighted by atomic mass is 9.87. The fourth-order valence-electron chi connectivity index (χ4n) is 4.52. The van der Waals surface area contributed by atoms with Gasteiger partial charge in [0.15, 0.2) is 0 Å². The number of hydrogen-bond donors (Lipinski definition) is 1. The number of piperidine rings is 1. The van der Waals surface area contributed by atoms with Gasteiger partial charge in [-0.15, -0.1) is 11.3 Å². The third kappa shape index (κ3) is 5.49. The van der Waals surface area contributed by atoms with Gasteiger partial charge in [-0.25, -0.2) is 0 Å². The lowest BCUT2D eigenvalue weighted by Gasteiger charge is -2.34. The van der Waals surface area contributed by atoms with Crippen molar-refractivity contribution in [1.82, 2.24) is 10.2 Å². The van der Waals surface area contributed by atoms with E-state index in [-0.39, 0.29) is 23.5 Å². The molecule has 2 atom stereocenters. The molecule has 0 radical (unpaired) electrons. The molecule has 2 aliphatic rings. The van der Waals surface area contributed by atoms with Crippen LogP contribution in [0.5, 0.6) is 0 Å².